The van der Waals surface area contributed by atoms with Crippen molar-refractivity contribution in [2.45, 2.75) is 33.4 Å². The average Bonchev–Trinajstić information content (AvgIpc) is 2.84. The van der Waals surface area contributed by atoms with Gasteiger partial charge in [-0.2, -0.15) is 5.10 Å². The van der Waals surface area contributed by atoms with Gasteiger partial charge in [-0.15, -0.1) is 0 Å². The fourth-order valence-corrected chi connectivity index (χ4v) is 1.96. The standard InChI is InChI=1S/C14H20N4O/c1-4-7-18-14(16-10-17-18)9-15-12-8-11(2)5-6-13(12)19-3/h5-6,8,10,15H,4,7,9H2,1-3H3. The van der Waals surface area contributed by atoms with Crippen LogP contribution in [0.15, 0.2) is 24.5 Å². The molecule has 2 aromatic rings. The van der Waals surface area contributed by atoms with E-state index >= 15 is 0 Å². The third-order valence-electron chi connectivity index (χ3n) is 2.92. The Morgan fingerprint density at radius 1 is 1.37 bits per heavy atom. The zero-order chi connectivity index (χ0) is 13.7. The Labute approximate surface area is 113 Å². The molecular weight excluding hydrogens is 240 g/mol. The third-order valence-corrected chi connectivity index (χ3v) is 2.92. The van der Waals surface area contributed by atoms with Gasteiger partial charge >= 0.3 is 0 Å². The van der Waals surface area contributed by atoms with Gasteiger partial charge in [0.2, 0.25) is 0 Å². The number of hydrogen-bond donors (Lipinski definition) is 1. The second kappa shape index (κ2) is 6.22. The molecule has 0 aliphatic rings. The van der Waals surface area contributed by atoms with Crippen LogP contribution >= 0.6 is 0 Å². The van der Waals surface area contributed by atoms with Gasteiger partial charge in [0.1, 0.15) is 17.9 Å². The van der Waals surface area contributed by atoms with Gasteiger partial charge in [0.15, 0.2) is 0 Å². The minimum absolute atomic E-state index is 0.639. The van der Waals surface area contributed by atoms with Crippen molar-refractivity contribution in [1.82, 2.24) is 14.8 Å². The van der Waals surface area contributed by atoms with E-state index in [-0.39, 0.29) is 0 Å². The minimum atomic E-state index is 0.639. The summed E-state index contributed by atoms with van der Waals surface area (Å²) < 4.78 is 7.27. The highest BCUT2D eigenvalue weighted by Gasteiger charge is 2.06. The molecule has 0 fully saturated rings. The number of anilines is 1. The highest BCUT2D eigenvalue weighted by Crippen LogP contribution is 2.25. The molecule has 1 heterocycles. The molecule has 1 aromatic heterocycles. The van der Waals surface area contributed by atoms with Crippen LogP contribution in [0.3, 0.4) is 0 Å². The van der Waals surface area contributed by atoms with E-state index in [9.17, 15) is 0 Å². The first kappa shape index (κ1) is 13.4. The minimum Gasteiger partial charge on any atom is -0.495 e. The SMILES string of the molecule is CCCn1ncnc1CNc1cc(C)ccc1OC. The van der Waals surface area contributed by atoms with Gasteiger partial charge in [0.05, 0.1) is 19.3 Å². The first-order valence-corrected chi connectivity index (χ1v) is 6.49. The molecule has 1 aromatic carbocycles. The van der Waals surface area contributed by atoms with Crippen LogP contribution in [0.1, 0.15) is 24.7 Å². The lowest BCUT2D eigenvalue weighted by Crippen LogP contribution is -2.10. The Morgan fingerprint density at radius 3 is 2.95 bits per heavy atom. The number of hydrogen-bond acceptors (Lipinski definition) is 4. The molecule has 2 rings (SSSR count). The maximum atomic E-state index is 5.34. The third kappa shape index (κ3) is 3.24. The van der Waals surface area contributed by atoms with Gasteiger partial charge < -0.3 is 10.1 Å². The van der Waals surface area contributed by atoms with Gasteiger partial charge in [0.25, 0.3) is 0 Å². The van der Waals surface area contributed by atoms with Crippen molar-refractivity contribution in [2.75, 3.05) is 12.4 Å². The lowest BCUT2D eigenvalue weighted by atomic mass is 10.2. The molecule has 102 valence electrons. The van der Waals surface area contributed by atoms with E-state index in [2.05, 4.69) is 35.3 Å². The molecule has 5 nitrogen and oxygen atoms in total. The van der Waals surface area contributed by atoms with Gasteiger partial charge in [-0.1, -0.05) is 13.0 Å². The van der Waals surface area contributed by atoms with Crippen molar-refractivity contribution in [3.63, 3.8) is 0 Å². The number of nitrogens with zero attached hydrogens (tertiary/aromatic N) is 3. The van der Waals surface area contributed by atoms with Crippen LogP contribution in [0, 0.1) is 6.92 Å². The molecule has 1 N–H and O–H groups in total. The van der Waals surface area contributed by atoms with Gasteiger partial charge in [-0.3, -0.25) is 0 Å². The van der Waals surface area contributed by atoms with Crippen molar-refractivity contribution in [3.05, 3.63) is 35.9 Å². The summed E-state index contributed by atoms with van der Waals surface area (Å²) in [7, 11) is 1.68. The van der Waals surface area contributed by atoms with Crippen LogP contribution in [-0.4, -0.2) is 21.9 Å². The second-order valence-corrected chi connectivity index (χ2v) is 4.46. The lowest BCUT2D eigenvalue weighted by Gasteiger charge is -2.12. The summed E-state index contributed by atoms with van der Waals surface area (Å²) in [5.74, 6) is 1.78. The summed E-state index contributed by atoms with van der Waals surface area (Å²) in [6.45, 7) is 5.72. The zero-order valence-corrected chi connectivity index (χ0v) is 11.7. The molecular formula is C14H20N4O. The molecule has 0 amide bonds. The summed E-state index contributed by atoms with van der Waals surface area (Å²) in [4.78, 5) is 4.28. The maximum Gasteiger partial charge on any atom is 0.146 e. The highest BCUT2D eigenvalue weighted by molar-refractivity contribution is 5.57. The Bertz CT molecular complexity index is 536. The van der Waals surface area contributed by atoms with Crippen molar-refractivity contribution in [3.8, 4) is 5.75 Å². The van der Waals surface area contributed by atoms with Crippen LogP contribution in [0.4, 0.5) is 5.69 Å². The molecule has 0 unspecified atom stereocenters. The van der Waals surface area contributed by atoms with Crippen LogP contribution in [0.25, 0.3) is 0 Å². The summed E-state index contributed by atoms with van der Waals surface area (Å²) in [6, 6.07) is 6.07. The Hall–Kier alpha value is -2.04. The topological polar surface area (TPSA) is 52.0 Å². The molecule has 0 aliphatic heterocycles. The van der Waals surface area contributed by atoms with Crippen LogP contribution < -0.4 is 10.1 Å². The fourth-order valence-electron chi connectivity index (χ4n) is 1.96. The number of benzene rings is 1. The summed E-state index contributed by atoms with van der Waals surface area (Å²) >= 11 is 0. The number of aryl methyl sites for hydroxylation is 2. The number of nitrogens with one attached hydrogen (secondary N) is 1. The predicted molar refractivity (Wildman–Crippen MR) is 75.4 cm³/mol. The van der Waals surface area contributed by atoms with Crippen molar-refractivity contribution in [2.24, 2.45) is 0 Å². The van der Waals surface area contributed by atoms with Crippen LogP contribution in [-0.2, 0) is 13.1 Å². The number of ether oxygens (including phenoxy) is 1. The molecule has 0 radical (unpaired) electrons. The first-order valence-electron chi connectivity index (χ1n) is 6.49. The largest absolute Gasteiger partial charge is 0.495 e. The lowest BCUT2D eigenvalue weighted by molar-refractivity contribution is 0.416. The molecule has 0 saturated heterocycles. The second-order valence-electron chi connectivity index (χ2n) is 4.46. The monoisotopic (exact) mass is 260 g/mol. The van der Waals surface area contributed by atoms with E-state index < -0.39 is 0 Å². The number of rotatable bonds is 6. The van der Waals surface area contributed by atoms with Crippen molar-refractivity contribution >= 4 is 5.69 Å². The highest BCUT2D eigenvalue weighted by atomic mass is 16.5. The first-order chi connectivity index (χ1) is 9.24. The zero-order valence-electron chi connectivity index (χ0n) is 11.7. The predicted octanol–water partition coefficient (Wildman–Crippen LogP) is 2.62. The van der Waals surface area contributed by atoms with Gasteiger partial charge in [0, 0.05) is 6.54 Å². The van der Waals surface area contributed by atoms with E-state index in [4.69, 9.17) is 4.74 Å². The summed E-state index contributed by atoms with van der Waals surface area (Å²) in [5, 5.41) is 7.57. The number of methoxy groups -OCH3 is 1. The van der Waals surface area contributed by atoms with E-state index in [1.54, 1.807) is 13.4 Å². The molecule has 0 saturated carbocycles. The van der Waals surface area contributed by atoms with E-state index in [1.165, 1.54) is 5.56 Å². The quantitative estimate of drug-likeness (QED) is 0.867. The number of aromatic nitrogens is 3. The smallest absolute Gasteiger partial charge is 0.146 e. The molecule has 0 spiro atoms. The summed E-state index contributed by atoms with van der Waals surface area (Å²) in [5.41, 5.74) is 2.17. The normalized spacial score (nSPS) is 10.5. The molecule has 0 bridgehead atoms. The van der Waals surface area contributed by atoms with Gasteiger partial charge in [-0.05, 0) is 31.0 Å². The van der Waals surface area contributed by atoms with Crippen molar-refractivity contribution in [1.29, 1.82) is 0 Å². The Morgan fingerprint density at radius 2 is 2.21 bits per heavy atom. The Balaban J connectivity index is 2.09. The molecule has 0 atom stereocenters. The molecule has 5 heteroatoms. The van der Waals surface area contributed by atoms with Crippen LogP contribution in [0.5, 0.6) is 5.75 Å². The van der Waals surface area contributed by atoms with E-state index in [0.717, 1.165) is 30.2 Å². The van der Waals surface area contributed by atoms with Crippen LogP contribution in [0.2, 0.25) is 0 Å². The fraction of sp³-hybridized carbons (Fsp3) is 0.429. The van der Waals surface area contributed by atoms with Gasteiger partial charge in [-0.25, -0.2) is 9.67 Å². The van der Waals surface area contributed by atoms with Crippen molar-refractivity contribution < 1.29 is 4.74 Å². The van der Waals surface area contributed by atoms with E-state index in [0.29, 0.717) is 6.54 Å². The summed E-state index contributed by atoms with van der Waals surface area (Å²) in [6.07, 6.45) is 2.64. The average molecular weight is 260 g/mol. The molecule has 19 heavy (non-hydrogen) atoms. The maximum absolute atomic E-state index is 5.34. The Kier molecular flexibility index (Phi) is 4.39. The molecule has 0 aliphatic carbocycles. The van der Waals surface area contributed by atoms with E-state index in [1.807, 2.05) is 16.8 Å².